The van der Waals surface area contributed by atoms with E-state index in [0.29, 0.717) is 33.6 Å². The highest BCUT2D eigenvalue weighted by Crippen LogP contribution is 2.17. The van der Waals surface area contributed by atoms with Crippen LogP contribution in [0.3, 0.4) is 0 Å². The van der Waals surface area contributed by atoms with Crippen LogP contribution in [0.1, 0.15) is 5.69 Å². The summed E-state index contributed by atoms with van der Waals surface area (Å²) in [6.45, 7) is -0.107. The number of fused-ring (bicyclic) bond motifs is 1. The SMILES string of the molecule is O=C(COc1ccc(F)cc1)Nc1ccc(OCc2cc(=O)n3cc(Cl)ccc3n2)cc1. The van der Waals surface area contributed by atoms with Crippen molar-refractivity contribution in [1.29, 1.82) is 0 Å². The Kier molecular flexibility index (Phi) is 6.32. The second-order valence-corrected chi connectivity index (χ2v) is 7.20. The number of carbonyl (C=O) groups is 1. The van der Waals surface area contributed by atoms with E-state index >= 15 is 0 Å². The molecule has 2 heterocycles. The van der Waals surface area contributed by atoms with Gasteiger partial charge in [-0.1, -0.05) is 11.6 Å². The van der Waals surface area contributed by atoms with Crippen molar-refractivity contribution >= 4 is 28.8 Å². The average molecular weight is 454 g/mol. The van der Waals surface area contributed by atoms with Gasteiger partial charge in [0.05, 0.1) is 10.7 Å². The number of halogens is 2. The highest BCUT2D eigenvalue weighted by atomic mass is 35.5. The zero-order valence-corrected chi connectivity index (χ0v) is 17.4. The van der Waals surface area contributed by atoms with Crippen LogP contribution in [0.2, 0.25) is 5.02 Å². The van der Waals surface area contributed by atoms with Gasteiger partial charge in [0.1, 0.15) is 29.6 Å². The number of nitrogens with one attached hydrogen (secondary N) is 1. The van der Waals surface area contributed by atoms with E-state index < -0.39 is 0 Å². The van der Waals surface area contributed by atoms with E-state index in [1.165, 1.54) is 40.9 Å². The molecule has 0 fully saturated rings. The van der Waals surface area contributed by atoms with Crippen LogP contribution in [0.25, 0.3) is 5.65 Å². The summed E-state index contributed by atoms with van der Waals surface area (Å²) in [5.41, 5.74) is 1.26. The van der Waals surface area contributed by atoms with Crippen molar-refractivity contribution in [3.63, 3.8) is 0 Å². The molecule has 9 heteroatoms. The standard InChI is InChI=1S/C23H17ClFN3O4/c24-15-1-10-21-26-18(11-23(30)28(21)12-15)13-31-20-8-4-17(5-9-20)27-22(29)14-32-19-6-2-16(25)3-7-19/h1-12H,13-14H2,(H,27,29). The lowest BCUT2D eigenvalue weighted by Crippen LogP contribution is -2.20. The molecule has 0 bridgehead atoms. The van der Waals surface area contributed by atoms with E-state index in [0.717, 1.165) is 0 Å². The van der Waals surface area contributed by atoms with E-state index in [2.05, 4.69) is 10.3 Å². The van der Waals surface area contributed by atoms with Gasteiger partial charge in [-0.05, 0) is 60.7 Å². The fourth-order valence-corrected chi connectivity index (χ4v) is 3.03. The molecule has 0 radical (unpaired) electrons. The molecule has 1 N–H and O–H groups in total. The third kappa shape index (κ3) is 5.41. The summed E-state index contributed by atoms with van der Waals surface area (Å²) in [6.07, 6.45) is 1.51. The summed E-state index contributed by atoms with van der Waals surface area (Å²) < 4.78 is 25.2. The van der Waals surface area contributed by atoms with E-state index in [-0.39, 0.29) is 30.5 Å². The monoisotopic (exact) mass is 453 g/mol. The summed E-state index contributed by atoms with van der Waals surface area (Å²) in [5.74, 6) is 0.209. The Hall–Kier alpha value is -3.91. The molecule has 1 amide bonds. The molecule has 7 nitrogen and oxygen atoms in total. The highest BCUT2D eigenvalue weighted by Gasteiger charge is 2.06. The number of ether oxygens (including phenoxy) is 2. The Balaban J connectivity index is 1.31. The van der Waals surface area contributed by atoms with Crippen LogP contribution in [0.5, 0.6) is 11.5 Å². The highest BCUT2D eigenvalue weighted by molar-refractivity contribution is 6.30. The Bertz CT molecular complexity index is 1310. The maximum absolute atomic E-state index is 12.9. The molecule has 0 unspecified atom stereocenters. The van der Waals surface area contributed by atoms with E-state index in [1.54, 1.807) is 36.4 Å². The number of benzene rings is 2. The van der Waals surface area contributed by atoms with Crippen LogP contribution in [0.15, 0.2) is 77.7 Å². The van der Waals surface area contributed by atoms with Gasteiger partial charge in [-0.2, -0.15) is 0 Å². The summed E-state index contributed by atoms with van der Waals surface area (Å²) in [7, 11) is 0. The molecular formula is C23H17ClFN3O4. The van der Waals surface area contributed by atoms with Crippen molar-refractivity contribution in [3.8, 4) is 11.5 Å². The number of aromatic nitrogens is 2. The van der Waals surface area contributed by atoms with Crippen molar-refractivity contribution in [1.82, 2.24) is 9.38 Å². The normalized spacial score (nSPS) is 10.7. The number of pyridine rings is 1. The van der Waals surface area contributed by atoms with Gasteiger partial charge in [-0.3, -0.25) is 14.0 Å². The van der Waals surface area contributed by atoms with Gasteiger partial charge in [-0.25, -0.2) is 9.37 Å². The minimum Gasteiger partial charge on any atom is -0.487 e. The Morgan fingerprint density at radius 2 is 1.69 bits per heavy atom. The Morgan fingerprint density at radius 1 is 1.00 bits per heavy atom. The summed E-state index contributed by atoms with van der Waals surface area (Å²) in [6, 6.07) is 16.8. The topological polar surface area (TPSA) is 81.9 Å². The second kappa shape index (κ2) is 9.49. The van der Waals surface area contributed by atoms with Crippen LogP contribution in [0.4, 0.5) is 10.1 Å². The molecule has 4 aromatic rings. The van der Waals surface area contributed by atoms with E-state index in [4.69, 9.17) is 21.1 Å². The third-order valence-corrected chi connectivity index (χ3v) is 4.61. The zero-order valence-electron chi connectivity index (χ0n) is 16.6. The maximum Gasteiger partial charge on any atom is 0.262 e. The van der Waals surface area contributed by atoms with E-state index in [1.807, 2.05) is 0 Å². The summed E-state index contributed by atoms with van der Waals surface area (Å²) in [4.78, 5) is 28.6. The number of carbonyl (C=O) groups excluding carboxylic acids is 1. The lowest BCUT2D eigenvalue weighted by molar-refractivity contribution is -0.118. The van der Waals surface area contributed by atoms with Gasteiger partial charge < -0.3 is 14.8 Å². The first kappa shape index (κ1) is 21.3. The lowest BCUT2D eigenvalue weighted by Gasteiger charge is -2.10. The molecule has 2 aromatic heterocycles. The van der Waals surface area contributed by atoms with Crippen LogP contribution >= 0.6 is 11.6 Å². The molecular weight excluding hydrogens is 437 g/mol. The first-order valence-corrected chi connectivity index (χ1v) is 9.93. The van der Waals surface area contributed by atoms with Crippen LogP contribution < -0.4 is 20.3 Å². The molecule has 0 saturated heterocycles. The predicted molar refractivity (Wildman–Crippen MR) is 118 cm³/mol. The Labute approximate surface area is 187 Å². The summed E-state index contributed by atoms with van der Waals surface area (Å²) >= 11 is 5.91. The smallest absolute Gasteiger partial charge is 0.262 e. The first-order chi connectivity index (χ1) is 15.5. The number of amides is 1. The minimum absolute atomic E-state index is 0.103. The molecule has 32 heavy (non-hydrogen) atoms. The van der Waals surface area contributed by atoms with Crippen LogP contribution in [-0.4, -0.2) is 21.9 Å². The molecule has 0 aliphatic carbocycles. The second-order valence-electron chi connectivity index (χ2n) is 6.77. The maximum atomic E-state index is 12.9. The van der Waals surface area contributed by atoms with Crippen molar-refractivity contribution in [2.24, 2.45) is 0 Å². The molecule has 162 valence electrons. The average Bonchev–Trinajstić information content (AvgIpc) is 2.79. The molecule has 0 aliphatic heterocycles. The van der Waals surface area contributed by atoms with Crippen LogP contribution in [0, 0.1) is 5.82 Å². The van der Waals surface area contributed by atoms with Crippen molar-refractivity contribution in [3.05, 3.63) is 99.8 Å². The molecule has 0 spiro atoms. The molecule has 0 atom stereocenters. The zero-order chi connectivity index (χ0) is 22.5. The van der Waals surface area contributed by atoms with E-state index in [9.17, 15) is 14.0 Å². The van der Waals surface area contributed by atoms with Crippen LogP contribution in [-0.2, 0) is 11.4 Å². The number of nitrogens with zero attached hydrogens (tertiary/aromatic N) is 2. The minimum atomic E-state index is -0.377. The van der Waals surface area contributed by atoms with Crippen molar-refractivity contribution in [2.75, 3.05) is 11.9 Å². The number of rotatable bonds is 7. The van der Waals surface area contributed by atoms with Crippen molar-refractivity contribution in [2.45, 2.75) is 6.61 Å². The predicted octanol–water partition coefficient (Wildman–Crippen LogP) is 4.08. The molecule has 0 aliphatic rings. The quantitative estimate of drug-likeness (QED) is 0.456. The lowest BCUT2D eigenvalue weighted by atomic mass is 10.3. The Morgan fingerprint density at radius 3 is 2.44 bits per heavy atom. The fourth-order valence-electron chi connectivity index (χ4n) is 2.87. The third-order valence-electron chi connectivity index (χ3n) is 4.38. The number of hydrogen-bond acceptors (Lipinski definition) is 5. The van der Waals surface area contributed by atoms with Gasteiger partial charge >= 0.3 is 0 Å². The number of anilines is 1. The molecule has 0 saturated carbocycles. The van der Waals surface area contributed by atoms with Gasteiger partial charge in [0.15, 0.2) is 6.61 Å². The van der Waals surface area contributed by atoms with Crippen molar-refractivity contribution < 1.29 is 18.7 Å². The number of hydrogen-bond donors (Lipinski definition) is 1. The van der Waals surface area contributed by atoms with Gasteiger partial charge in [0.2, 0.25) is 0 Å². The van der Waals surface area contributed by atoms with Gasteiger partial charge in [0, 0.05) is 18.0 Å². The fraction of sp³-hybridized carbons (Fsp3) is 0.0870. The molecule has 4 rings (SSSR count). The van der Waals surface area contributed by atoms with Gasteiger partial charge in [0.25, 0.3) is 11.5 Å². The largest absolute Gasteiger partial charge is 0.487 e. The first-order valence-electron chi connectivity index (χ1n) is 9.55. The molecule has 2 aromatic carbocycles. The summed E-state index contributed by atoms with van der Waals surface area (Å²) in [5, 5.41) is 3.14. The van der Waals surface area contributed by atoms with Gasteiger partial charge in [-0.15, -0.1) is 0 Å².